The third-order valence-corrected chi connectivity index (χ3v) is 3.74. The van der Waals surface area contributed by atoms with E-state index in [9.17, 15) is 10.1 Å². The summed E-state index contributed by atoms with van der Waals surface area (Å²) in [6.07, 6.45) is 1.38. The molecule has 0 aliphatic heterocycles. The number of esters is 1. The molecule has 3 aromatic rings. The number of hydrogen-bond donors (Lipinski definition) is 0. The number of nitriles is 1. The Balaban J connectivity index is 2.15. The van der Waals surface area contributed by atoms with Gasteiger partial charge in [0.25, 0.3) is 0 Å². The lowest BCUT2D eigenvalue weighted by Gasteiger charge is -2.03. The van der Waals surface area contributed by atoms with Crippen molar-refractivity contribution in [2.45, 2.75) is 6.92 Å². The van der Waals surface area contributed by atoms with Gasteiger partial charge in [-0.15, -0.1) is 5.10 Å². The lowest BCUT2D eigenvalue weighted by Crippen LogP contribution is -2.05. The van der Waals surface area contributed by atoms with Gasteiger partial charge < -0.3 is 4.74 Å². The van der Waals surface area contributed by atoms with E-state index in [1.165, 1.54) is 13.2 Å². The number of nitrogens with zero attached hydrogens (tertiary/aromatic N) is 4. The molecule has 0 N–H and O–H groups in total. The molecule has 0 amide bonds. The smallest absolute Gasteiger partial charge is 0.348 e. The summed E-state index contributed by atoms with van der Waals surface area (Å²) in [6.45, 7) is 2.00. The molecule has 6 heteroatoms. The Morgan fingerprint density at radius 3 is 2.46 bits per heavy atom. The molecule has 0 fully saturated rings. The van der Waals surface area contributed by atoms with Gasteiger partial charge in [-0.3, -0.25) is 0 Å². The first kappa shape index (κ1) is 17.1. The van der Waals surface area contributed by atoms with Crippen molar-refractivity contribution in [2.75, 3.05) is 7.11 Å². The highest BCUT2D eigenvalue weighted by molar-refractivity contribution is 5.97. The van der Waals surface area contributed by atoms with E-state index >= 15 is 0 Å². The number of rotatable bonds is 4. The van der Waals surface area contributed by atoms with Gasteiger partial charge in [-0.05, 0) is 19.1 Å². The fourth-order valence-corrected chi connectivity index (χ4v) is 2.38. The number of carbonyl (C=O) groups is 1. The first-order valence-corrected chi connectivity index (χ1v) is 7.92. The summed E-state index contributed by atoms with van der Waals surface area (Å²) in [4.78, 5) is 16.2. The second-order valence-electron chi connectivity index (χ2n) is 5.57. The number of para-hydroxylation sites is 1. The van der Waals surface area contributed by atoms with Crippen LogP contribution in [-0.4, -0.2) is 27.8 Å². The highest BCUT2D eigenvalue weighted by atomic mass is 16.5. The molecule has 128 valence electrons. The summed E-state index contributed by atoms with van der Waals surface area (Å²) in [5, 5.41) is 13.8. The minimum absolute atomic E-state index is 0.146. The molecule has 0 unspecified atom stereocenters. The Hall–Kier alpha value is -3.72. The Morgan fingerprint density at radius 1 is 1.15 bits per heavy atom. The number of aromatic nitrogens is 3. The molecular weight excluding hydrogens is 328 g/mol. The lowest BCUT2D eigenvalue weighted by atomic mass is 10.1. The van der Waals surface area contributed by atoms with E-state index in [1.807, 2.05) is 67.6 Å². The Kier molecular flexibility index (Phi) is 4.90. The summed E-state index contributed by atoms with van der Waals surface area (Å²) in [7, 11) is 1.23. The van der Waals surface area contributed by atoms with Crippen LogP contribution in [0.25, 0.3) is 23.2 Å². The third kappa shape index (κ3) is 3.52. The zero-order valence-electron chi connectivity index (χ0n) is 14.4. The van der Waals surface area contributed by atoms with E-state index in [-0.39, 0.29) is 5.57 Å². The monoisotopic (exact) mass is 344 g/mol. The first-order chi connectivity index (χ1) is 12.6. The second kappa shape index (κ2) is 7.45. The molecule has 0 atom stereocenters. The van der Waals surface area contributed by atoms with Crippen molar-refractivity contribution in [3.63, 3.8) is 0 Å². The number of carbonyl (C=O) groups excluding carboxylic acids is 1. The normalized spacial score (nSPS) is 11.0. The van der Waals surface area contributed by atoms with Crippen molar-refractivity contribution in [3.8, 4) is 23.1 Å². The molecule has 1 heterocycles. The number of benzene rings is 2. The van der Waals surface area contributed by atoms with E-state index in [0.717, 1.165) is 16.8 Å². The Bertz CT molecular complexity index is 997. The van der Waals surface area contributed by atoms with Crippen LogP contribution in [0, 0.1) is 18.3 Å². The number of ether oxygens (including phenoxy) is 1. The Morgan fingerprint density at radius 2 is 1.85 bits per heavy atom. The van der Waals surface area contributed by atoms with Gasteiger partial charge in [0.2, 0.25) is 0 Å². The van der Waals surface area contributed by atoms with Crippen LogP contribution in [0.15, 0.2) is 60.2 Å². The highest BCUT2D eigenvalue weighted by Gasteiger charge is 2.15. The van der Waals surface area contributed by atoms with Crippen molar-refractivity contribution >= 4 is 12.0 Å². The van der Waals surface area contributed by atoms with E-state index in [2.05, 4.69) is 14.8 Å². The van der Waals surface area contributed by atoms with Crippen molar-refractivity contribution < 1.29 is 9.53 Å². The van der Waals surface area contributed by atoms with Gasteiger partial charge in [0, 0.05) is 11.6 Å². The van der Waals surface area contributed by atoms with E-state index in [4.69, 9.17) is 0 Å². The van der Waals surface area contributed by atoms with Gasteiger partial charge in [0.05, 0.1) is 12.8 Å². The molecule has 2 aromatic carbocycles. The van der Waals surface area contributed by atoms with Gasteiger partial charge in [0.15, 0.2) is 11.6 Å². The summed E-state index contributed by atoms with van der Waals surface area (Å²) in [5.41, 5.74) is 2.60. The molecule has 0 radical (unpaired) electrons. The minimum Gasteiger partial charge on any atom is -0.465 e. The van der Waals surface area contributed by atoms with Crippen molar-refractivity contribution in [1.82, 2.24) is 14.8 Å². The summed E-state index contributed by atoms with van der Waals surface area (Å²) in [5.74, 6) is 0.156. The fourth-order valence-electron chi connectivity index (χ4n) is 2.38. The van der Waals surface area contributed by atoms with Gasteiger partial charge in [-0.2, -0.15) is 5.26 Å². The van der Waals surface area contributed by atoms with Crippen LogP contribution >= 0.6 is 0 Å². The molecule has 3 rings (SSSR count). The van der Waals surface area contributed by atoms with Crippen LogP contribution in [0.1, 0.15) is 11.4 Å². The zero-order chi connectivity index (χ0) is 18.5. The van der Waals surface area contributed by atoms with Crippen LogP contribution in [0.5, 0.6) is 0 Å². The molecule has 26 heavy (non-hydrogen) atoms. The zero-order valence-corrected chi connectivity index (χ0v) is 14.4. The maximum atomic E-state index is 11.7. The molecular formula is C20H16N4O2. The van der Waals surface area contributed by atoms with Crippen LogP contribution in [0.4, 0.5) is 0 Å². The van der Waals surface area contributed by atoms with Crippen LogP contribution in [-0.2, 0) is 9.53 Å². The molecule has 0 aliphatic rings. The average molecular weight is 344 g/mol. The summed E-state index contributed by atoms with van der Waals surface area (Å²) in [6, 6.07) is 19.0. The molecule has 0 spiro atoms. The van der Waals surface area contributed by atoms with Gasteiger partial charge in [-0.1, -0.05) is 48.0 Å². The van der Waals surface area contributed by atoms with Crippen molar-refractivity contribution in [1.29, 1.82) is 5.26 Å². The molecule has 1 aromatic heterocycles. The predicted molar refractivity (Wildman–Crippen MR) is 97.1 cm³/mol. The van der Waals surface area contributed by atoms with Gasteiger partial charge >= 0.3 is 5.97 Å². The molecule has 0 saturated carbocycles. The van der Waals surface area contributed by atoms with Gasteiger partial charge in [-0.25, -0.2) is 14.5 Å². The number of hydrogen-bond acceptors (Lipinski definition) is 5. The fraction of sp³-hybridized carbons (Fsp3) is 0.100. The quantitative estimate of drug-likeness (QED) is 0.412. The molecule has 0 bridgehead atoms. The largest absolute Gasteiger partial charge is 0.465 e. The molecule has 0 saturated heterocycles. The van der Waals surface area contributed by atoms with Crippen LogP contribution < -0.4 is 0 Å². The second-order valence-corrected chi connectivity index (χ2v) is 5.57. The van der Waals surface area contributed by atoms with E-state index < -0.39 is 5.97 Å². The third-order valence-electron chi connectivity index (χ3n) is 3.74. The lowest BCUT2D eigenvalue weighted by molar-refractivity contribution is -0.135. The van der Waals surface area contributed by atoms with Crippen molar-refractivity contribution in [2.24, 2.45) is 0 Å². The number of aryl methyl sites for hydroxylation is 1. The first-order valence-electron chi connectivity index (χ1n) is 7.92. The summed E-state index contributed by atoms with van der Waals surface area (Å²) < 4.78 is 6.23. The average Bonchev–Trinajstić information content (AvgIpc) is 3.10. The molecule has 0 aliphatic carbocycles. The van der Waals surface area contributed by atoms with Crippen LogP contribution in [0.3, 0.4) is 0 Å². The minimum atomic E-state index is -0.716. The van der Waals surface area contributed by atoms with E-state index in [1.54, 1.807) is 4.68 Å². The van der Waals surface area contributed by atoms with E-state index in [0.29, 0.717) is 11.6 Å². The van der Waals surface area contributed by atoms with Gasteiger partial charge in [0.1, 0.15) is 11.6 Å². The maximum Gasteiger partial charge on any atom is 0.348 e. The maximum absolute atomic E-state index is 11.7. The SMILES string of the molecule is COC(=O)C(C#N)=Cc1nc(-c2ccc(C)cc2)nn1-c1ccccc1. The van der Waals surface area contributed by atoms with Crippen molar-refractivity contribution in [3.05, 3.63) is 71.6 Å². The number of methoxy groups -OCH3 is 1. The summed E-state index contributed by atoms with van der Waals surface area (Å²) >= 11 is 0. The molecule has 6 nitrogen and oxygen atoms in total. The predicted octanol–water partition coefficient (Wildman–Crippen LogP) is 3.32. The Labute approximate surface area is 151 Å². The van der Waals surface area contributed by atoms with Crippen LogP contribution in [0.2, 0.25) is 0 Å². The topological polar surface area (TPSA) is 80.8 Å². The highest BCUT2D eigenvalue weighted by Crippen LogP contribution is 2.20. The standard InChI is InChI=1S/C20H16N4O2/c1-14-8-10-15(11-9-14)19-22-18(12-16(13-21)20(25)26-2)24(23-19)17-6-4-3-5-7-17/h3-12H,1-2H3.